The van der Waals surface area contributed by atoms with E-state index >= 15 is 0 Å². The van der Waals surface area contributed by atoms with Crippen LogP contribution in [0.4, 0.5) is 5.69 Å². The van der Waals surface area contributed by atoms with Crippen LogP contribution in [0.3, 0.4) is 0 Å². The lowest BCUT2D eigenvalue weighted by Gasteiger charge is -2.06. The third-order valence-electron chi connectivity index (χ3n) is 3.05. The van der Waals surface area contributed by atoms with Crippen molar-refractivity contribution in [2.45, 2.75) is 6.92 Å². The van der Waals surface area contributed by atoms with Gasteiger partial charge in [-0.05, 0) is 23.8 Å². The number of hydrogen-bond donors (Lipinski definition) is 1. The first kappa shape index (κ1) is 13.4. The summed E-state index contributed by atoms with van der Waals surface area (Å²) in [5.41, 5.74) is 3.31. The maximum Gasteiger partial charge on any atom is 0.284 e. The molecule has 4 nitrogen and oxygen atoms in total. The zero-order valence-corrected chi connectivity index (χ0v) is 12.6. The summed E-state index contributed by atoms with van der Waals surface area (Å²) in [4.78, 5) is 0.986. The lowest BCUT2D eigenvalue weighted by molar-refractivity contribution is 0.396. The summed E-state index contributed by atoms with van der Waals surface area (Å²) in [5, 5.41) is 3.18. The summed E-state index contributed by atoms with van der Waals surface area (Å²) < 4.78 is 28.2. The van der Waals surface area contributed by atoms with Crippen molar-refractivity contribution in [1.29, 1.82) is 0 Å². The average Bonchev–Trinajstić information content (AvgIpc) is 2.71. The first-order valence-corrected chi connectivity index (χ1v) is 8.64. The standard InChI is InChI=1S/C14H13NO3S2/c1-9-14(15-18-20(2,16)17)13-11-6-4-3-5-10(11)7-8-12(13)19-9/h3-8,15H,1-2H3. The molecule has 20 heavy (non-hydrogen) atoms. The molecule has 0 aliphatic carbocycles. The molecule has 0 bridgehead atoms. The Morgan fingerprint density at radius 3 is 2.65 bits per heavy atom. The summed E-state index contributed by atoms with van der Waals surface area (Å²) in [7, 11) is -3.55. The maximum atomic E-state index is 11.2. The summed E-state index contributed by atoms with van der Waals surface area (Å²) in [5.74, 6) is 0. The highest BCUT2D eigenvalue weighted by Gasteiger charge is 2.14. The Balaban J connectivity index is 2.24. The second-order valence-corrected chi connectivity index (χ2v) is 7.41. The fourth-order valence-electron chi connectivity index (χ4n) is 2.23. The zero-order valence-electron chi connectivity index (χ0n) is 11.0. The van der Waals surface area contributed by atoms with Crippen LogP contribution in [0.5, 0.6) is 0 Å². The van der Waals surface area contributed by atoms with Crippen molar-refractivity contribution in [3.05, 3.63) is 41.3 Å². The number of benzene rings is 2. The van der Waals surface area contributed by atoms with Gasteiger partial charge in [0, 0.05) is 15.0 Å². The van der Waals surface area contributed by atoms with Gasteiger partial charge in [0.1, 0.15) is 0 Å². The largest absolute Gasteiger partial charge is 0.284 e. The van der Waals surface area contributed by atoms with Crippen molar-refractivity contribution >= 4 is 48.0 Å². The summed E-state index contributed by atoms with van der Waals surface area (Å²) in [6, 6.07) is 12.1. The molecule has 0 fully saturated rings. The highest BCUT2D eigenvalue weighted by molar-refractivity contribution is 7.86. The first-order valence-electron chi connectivity index (χ1n) is 6.01. The molecule has 0 radical (unpaired) electrons. The molecule has 2 aromatic carbocycles. The molecule has 0 spiro atoms. The molecule has 0 unspecified atom stereocenters. The van der Waals surface area contributed by atoms with Gasteiger partial charge in [-0.3, -0.25) is 0 Å². The van der Waals surface area contributed by atoms with Gasteiger partial charge in [-0.25, -0.2) is 5.48 Å². The van der Waals surface area contributed by atoms with Gasteiger partial charge in [-0.1, -0.05) is 30.3 Å². The van der Waals surface area contributed by atoms with Crippen molar-refractivity contribution < 1.29 is 12.7 Å². The second-order valence-electron chi connectivity index (χ2n) is 4.58. The zero-order chi connectivity index (χ0) is 14.3. The van der Waals surface area contributed by atoms with E-state index in [0.29, 0.717) is 5.69 Å². The van der Waals surface area contributed by atoms with Gasteiger partial charge in [-0.15, -0.1) is 11.3 Å². The third-order valence-corrected chi connectivity index (χ3v) is 4.51. The van der Waals surface area contributed by atoms with E-state index in [1.165, 1.54) is 0 Å². The molecule has 3 aromatic rings. The fourth-order valence-corrected chi connectivity index (χ4v) is 3.49. The van der Waals surface area contributed by atoms with Gasteiger partial charge >= 0.3 is 0 Å². The summed E-state index contributed by atoms with van der Waals surface area (Å²) in [6.07, 6.45) is 1.02. The summed E-state index contributed by atoms with van der Waals surface area (Å²) in [6.45, 7) is 1.94. The van der Waals surface area contributed by atoms with Crippen LogP contribution < -0.4 is 5.48 Å². The minimum atomic E-state index is -3.55. The van der Waals surface area contributed by atoms with E-state index < -0.39 is 10.1 Å². The second kappa shape index (κ2) is 4.73. The van der Waals surface area contributed by atoms with E-state index in [-0.39, 0.29) is 0 Å². The Morgan fingerprint density at radius 1 is 1.15 bits per heavy atom. The monoisotopic (exact) mass is 307 g/mol. The normalized spacial score (nSPS) is 12.1. The van der Waals surface area contributed by atoms with Crippen LogP contribution in [0.2, 0.25) is 0 Å². The van der Waals surface area contributed by atoms with Gasteiger partial charge in [0.2, 0.25) is 0 Å². The molecule has 0 saturated heterocycles. The average molecular weight is 307 g/mol. The van der Waals surface area contributed by atoms with Crippen LogP contribution in [-0.2, 0) is 14.4 Å². The van der Waals surface area contributed by atoms with Crippen molar-refractivity contribution in [1.82, 2.24) is 0 Å². The molecule has 0 aliphatic rings. The van der Waals surface area contributed by atoms with Gasteiger partial charge in [0.05, 0.1) is 11.9 Å². The van der Waals surface area contributed by atoms with E-state index in [4.69, 9.17) is 4.28 Å². The van der Waals surface area contributed by atoms with Crippen molar-refractivity contribution in [2.75, 3.05) is 11.7 Å². The van der Waals surface area contributed by atoms with E-state index in [1.807, 2.05) is 37.3 Å². The molecular formula is C14H13NO3S2. The number of fused-ring (bicyclic) bond motifs is 3. The number of hydrogen-bond acceptors (Lipinski definition) is 5. The molecule has 0 aliphatic heterocycles. The molecule has 1 aromatic heterocycles. The van der Waals surface area contributed by atoms with E-state index in [1.54, 1.807) is 11.3 Å². The lowest BCUT2D eigenvalue weighted by atomic mass is 10.1. The highest BCUT2D eigenvalue weighted by Crippen LogP contribution is 2.39. The Labute approximate surface area is 121 Å². The van der Waals surface area contributed by atoms with E-state index in [2.05, 4.69) is 11.5 Å². The minimum Gasteiger partial charge on any atom is -0.248 e. The van der Waals surface area contributed by atoms with Gasteiger partial charge < -0.3 is 0 Å². The minimum absolute atomic E-state index is 0.715. The summed E-state index contributed by atoms with van der Waals surface area (Å²) >= 11 is 1.61. The Bertz CT molecular complexity index is 897. The van der Waals surface area contributed by atoms with Crippen LogP contribution in [0.15, 0.2) is 36.4 Å². The van der Waals surface area contributed by atoms with Crippen LogP contribution >= 0.6 is 11.3 Å². The molecule has 6 heteroatoms. The fraction of sp³-hybridized carbons (Fsp3) is 0.143. The van der Waals surface area contributed by atoms with Crippen molar-refractivity contribution in [3.8, 4) is 0 Å². The topological polar surface area (TPSA) is 55.4 Å². The predicted molar refractivity (Wildman–Crippen MR) is 83.6 cm³/mol. The lowest BCUT2D eigenvalue weighted by Crippen LogP contribution is -2.09. The Kier molecular flexibility index (Phi) is 3.16. The molecule has 104 valence electrons. The van der Waals surface area contributed by atoms with Crippen molar-refractivity contribution in [2.24, 2.45) is 0 Å². The maximum absolute atomic E-state index is 11.2. The smallest absolute Gasteiger partial charge is 0.248 e. The SMILES string of the molecule is Cc1sc2ccc3ccccc3c2c1NOS(C)(=O)=O. The Morgan fingerprint density at radius 2 is 1.90 bits per heavy atom. The van der Waals surface area contributed by atoms with Crippen LogP contribution in [0, 0.1) is 6.92 Å². The first-order chi connectivity index (χ1) is 9.46. The Hall–Kier alpha value is -1.63. The molecule has 1 N–H and O–H groups in total. The van der Waals surface area contributed by atoms with Crippen LogP contribution in [0.1, 0.15) is 4.88 Å². The van der Waals surface area contributed by atoms with Gasteiger partial charge in [-0.2, -0.15) is 12.7 Å². The van der Waals surface area contributed by atoms with Gasteiger partial charge in [0.15, 0.2) is 0 Å². The van der Waals surface area contributed by atoms with Gasteiger partial charge in [0.25, 0.3) is 10.1 Å². The number of thiophene rings is 1. The van der Waals surface area contributed by atoms with Crippen molar-refractivity contribution in [3.63, 3.8) is 0 Å². The molecule has 0 saturated carbocycles. The molecule has 0 atom stereocenters. The number of aryl methyl sites for hydroxylation is 1. The number of anilines is 1. The predicted octanol–water partition coefficient (Wildman–Crippen LogP) is 3.67. The van der Waals surface area contributed by atoms with Crippen LogP contribution in [-0.4, -0.2) is 14.7 Å². The molecular weight excluding hydrogens is 294 g/mol. The van der Waals surface area contributed by atoms with Crippen LogP contribution in [0.25, 0.3) is 20.9 Å². The third kappa shape index (κ3) is 2.37. The number of nitrogens with one attached hydrogen (secondary N) is 1. The van der Waals surface area contributed by atoms with E-state index in [0.717, 1.165) is 32.0 Å². The molecule has 1 heterocycles. The van der Waals surface area contributed by atoms with E-state index in [9.17, 15) is 8.42 Å². The quantitative estimate of drug-likeness (QED) is 0.750. The highest BCUT2D eigenvalue weighted by atomic mass is 32.2. The molecule has 3 rings (SSSR count). The molecule has 0 amide bonds. The number of rotatable bonds is 3.